The van der Waals surface area contributed by atoms with Crippen LogP contribution in [-0.4, -0.2) is 29.1 Å². The highest BCUT2D eigenvalue weighted by Gasteiger charge is 2.37. The number of nitrogens with zero attached hydrogens (tertiary/aromatic N) is 1. The van der Waals surface area contributed by atoms with Gasteiger partial charge in [0.1, 0.15) is 0 Å². The normalized spacial score (nSPS) is 19.4. The highest BCUT2D eigenvalue weighted by molar-refractivity contribution is 5.70. The number of carboxylic acid groups (broad SMARTS) is 1. The van der Waals surface area contributed by atoms with Gasteiger partial charge in [-0.2, -0.15) is 0 Å². The fraction of sp³-hybridized carbons (Fsp3) is 0.588. The van der Waals surface area contributed by atoms with Crippen LogP contribution < -0.4 is 0 Å². The minimum atomic E-state index is -0.676. The van der Waals surface area contributed by atoms with Crippen LogP contribution in [0.15, 0.2) is 12.1 Å². The maximum Gasteiger partial charge on any atom is 0.306 e. The van der Waals surface area contributed by atoms with Crippen molar-refractivity contribution in [1.29, 1.82) is 0 Å². The van der Waals surface area contributed by atoms with Crippen LogP contribution in [-0.2, 0) is 4.79 Å². The van der Waals surface area contributed by atoms with E-state index in [9.17, 15) is 4.79 Å². The second kappa shape index (κ2) is 5.57. The molecule has 3 heteroatoms. The number of aryl methyl sites for hydroxylation is 3. The van der Waals surface area contributed by atoms with Crippen molar-refractivity contribution in [3.8, 4) is 0 Å². The Morgan fingerprint density at radius 2 is 1.70 bits per heavy atom. The highest BCUT2D eigenvalue weighted by Crippen LogP contribution is 2.35. The van der Waals surface area contributed by atoms with E-state index in [4.69, 9.17) is 5.11 Å². The summed E-state index contributed by atoms with van der Waals surface area (Å²) in [5.41, 5.74) is 5.38. The largest absolute Gasteiger partial charge is 0.481 e. The van der Waals surface area contributed by atoms with Gasteiger partial charge >= 0.3 is 5.97 Å². The van der Waals surface area contributed by atoms with Crippen molar-refractivity contribution in [3.05, 3.63) is 34.4 Å². The zero-order chi connectivity index (χ0) is 15.0. The molecule has 1 fully saturated rings. The van der Waals surface area contributed by atoms with Gasteiger partial charge in [0.05, 0.1) is 5.92 Å². The molecule has 0 amide bonds. The molecular weight excluding hydrogens is 250 g/mol. The summed E-state index contributed by atoms with van der Waals surface area (Å²) in [5, 5.41) is 9.06. The molecule has 0 aliphatic carbocycles. The molecule has 3 nitrogen and oxygen atoms in total. The summed E-state index contributed by atoms with van der Waals surface area (Å²) in [5.74, 6) is -0.621. The minimum Gasteiger partial charge on any atom is -0.481 e. The molecule has 1 aliphatic heterocycles. The monoisotopic (exact) mass is 275 g/mol. The smallest absolute Gasteiger partial charge is 0.306 e. The van der Waals surface area contributed by atoms with Crippen LogP contribution >= 0.6 is 0 Å². The fourth-order valence-corrected chi connectivity index (χ4v) is 3.42. The Labute approximate surface area is 121 Å². The third-order valence-electron chi connectivity index (χ3n) is 4.74. The summed E-state index contributed by atoms with van der Waals surface area (Å²) in [6, 6.07) is 4.83. The molecule has 2 rings (SSSR count). The van der Waals surface area contributed by atoms with Gasteiger partial charge in [-0.15, -0.1) is 0 Å². The number of benzene rings is 1. The van der Waals surface area contributed by atoms with Crippen LogP contribution in [0.5, 0.6) is 0 Å². The Balaban J connectivity index is 2.08. The first-order valence-electron chi connectivity index (χ1n) is 7.35. The van der Waals surface area contributed by atoms with E-state index in [0.717, 1.165) is 13.1 Å². The number of hydrogen-bond acceptors (Lipinski definition) is 2. The van der Waals surface area contributed by atoms with Crippen molar-refractivity contribution >= 4 is 5.97 Å². The van der Waals surface area contributed by atoms with Crippen LogP contribution in [0.1, 0.15) is 42.1 Å². The second-order valence-corrected chi connectivity index (χ2v) is 6.33. The molecule has 1 aromatic rings. The first-order valence-corrected chi connectivity index (χ1v) is 7.35. The summed E-state index contributed by atoms with van der Waals surface area (Å²) < 4.78 is 0. The molecule has 0 aromatic heterocycles. The van der Waals surface area contributed by atoms with Crippen molar-refractivity contribution in [2.24, 2.45) is 11.8 Å². The molecule has 1 heterocycles. The molecule has 1 aromatic carbocycles. The molecule has 2 atom stereocenters. The van der Waals surface area contributed by atoms with E-state index in [1.807, 2.05) is 6.92 Å². The predicted molar refractivity (Wildman–Crippen MR) is 80.9 cm³/mol. The quantitative estimate of drug-likeness (QED) is 0.916. The molecule has 1 saturated heterocycles. The van der Waals surface area contributed by atoms with E-state index in [1.54, 1.807) is 0 Å². The standard InChI is InChI=1S/C17H25NO2/c1-10-6-11(2)16(12(3)7-10)14(5)18-8-15(9-18)13(4)17(19)20/h6-7,13-15H,8-9H2,1-5H3,(H,19,20). The Bertz CT molecular complexity index is 495. The molecule has 0 radical (unpaired) electrons. The van der Waals surface area contributed by atoms with Gasteiger partial charge in [0.15, 0.2) is 0 Å². The summed E-state index contributed by atoms with van der Waals surface area (Å²) in [6.45, 7) is 12.3. The average Bonchev–Trinajstić information content (AvgIpc) is 2.24. The second-order valence-electron chi connectivity index (χ2n) is 6.33. The van der Waals surface area contributed by atoms with E-state index in [1.165, 1.54) is 22.3 Å². The van der Waals surface area contributed by atoms with Crippen LogP contribution in [0.25, 0.3) is 0 Å². The Kier molecular flexibility index (Phi) is 4.19. The number of carboxylic acids is 1. The zero-order valence-corrected chi connectivity index (χ0v) is 13.1. The zero-order valence-electron chi connectivity index (χ0n) is 13.1. The number of rotatable bonds is 4. The lowest BCUT2D eigenvalue weighted by Crippen LogP contribution is -2.51. The Morgan fingerprint density at radius 3 is 2.15 bits per heavy atom. The minimum absolute atomic E-state index is 0.237. The Morgan fingerprint density at radius 1 is 1.20 bits per heavy atom. The first kappa shape index (κ1) is 15.0. The summed E-state index contributed by atoms with van der Waals surface area (Å²) >= 11 is 0. The number of likely N-dealkylation sites (tertiary alicyclic amines) is 1. The molecule has 0 saturated carbocycles. The maximum atomic E-state index is 11.0. The highest BCUT2D eigenvalue weighted by atomic mass is 16.4. The van der Waals surface area contributed by atoms with Gasteiger partial charge in [0.2, 0.25) is 0 Å². The lowest BCUT2D eigenvalue weighted by Gasteiger charge is -2.45. The maximum absolute atomic E-state index is 11.0. The number of carbonyl (C=O) groups is 1. The van der Waals surface area contributed by atoms with Crippen LogP contribution in [0.3, 0.4) is 0 Å². The van der Waals surface area contributed by atoms with Crippen LogP contribution in [0.2, 0.25) is 0 Å². The van der Waals surface area contributed by atoms with Gasteiger partial charge in [-0.3, -0.25) is 9.69 Å². The van der Waals surface area contributed by atoms with E-state index < -0.39 is 5.97 Å². The molecule has 2 unspecified atom stereocenters. The lowest BCUT2D eigenvalue weighted by molar-refractivity contribution is -0.146. The third kappa shape index (κ3) is 2.73. The van der Waals surface area contributed by atoms with Crippen molar-refractivity contribution in [2.45, 2.75) is 40.7 Å². The van der Waals surface area contributed by atoms with Gasteiger partial charge in [0, 0.05) is 19.1 Å². The van der Waals surface area contributed by atoms with Gasteiger partial charge in [0.25, 0.3) is 0 Å². The summed E-state index contributed by atoms with van der Waals surface area (Å²) in [6.07, 6.45) is 0. The lowest BCUT2D eigenvalue weighted by atomic mass is 9.84. The van der Waals surface area contributed by atoms with Crippen molar-refractivity contribution in [1.82, 2.24) is 4.90 Å². The van der Waals surface area contributed by atoms with Crippen molar-refractivity contribution in [3.63, 3.8) is 0 Å². The van der Waals surface area contributed by atoms with Crippen LogP contribution in [0, 0.1) is 32.6 Å². The SMILES string of the molecule is Cc1cc(C)c(C(C)N2CC(C(C)C(=O)O)C2)c(C)c1. The molecule has 20 heavy (non-hydrogen) atoms. The Hall–Kier alpha value is -1.35. The third-order valence-corrected chi connectivity index (χ3v) is 4.74. The predicted octanol–water partition coefficient (Wildman–Crippen LogP) is 3.33. The van der Waals surface area contributed by atoms with E-state index in [-0.39, 0.29) is 5.92 Å². The van der Waals surface area contributed by atoms with Gasteiger partial charge in [-0.25, -0.2) is 0 Å². The van der Waals surface area contributed by atoms with E-state index in [2.05, 4.69) is 44.7 Å². The van der Waals surface area contributed by atoms with Gasteiger partial charge < -0.3 is 5.11 Å². The molecule has 0 spiro atoms. The van der Waals surface area contributed by atoms with Crippen LogP contribution in [0.4, 0.5) is 0 Å². The summed E-state index contributed by atoms with van der Waals surface area (Å²) in [7, 11) is 0. The number of hydrogen-bond donors (Lipinski definition) is 1. The first-order chi connectivity index (χ1) is 9.31. The number of aliphatic carboxylic acids is 1. The fourth-order valence-electron chi connectivity index (χ4n) is 3.42. The van der Waals surface area contributed by atoms with Crippen molar-refractivity contribution in [2.75, 3.05) is 13.1 Å². The van der Waals surface area contributed by atoms with Gasteiger partial charge in [-0.1, -0.05) is 24.6 Å². The van der Waals surface area contributed by atoms with Gasteiger partial charge in [-0.05, 0) is 50.3 Å². The molecule has 1 aliphatic rings. The molecule has 110 valence electrons. The van der Waals surface area contributed by atoms with E-state index in [0.29, 0.717) is 12.0 Å². The topological polar surface area (TPSA) is 40.5 Å². The average molecular weight is 275 g/mol. The van der Waals surface area contributed by atoms with E-state index >= 15 is 0 Å². The van der Waals surface area contributed by atoms with Crippen molar-refractivity contribution < 1.29 is 9.90 Å². The summed E-state index contributed by atoms with van der Waals surface area (Å²) in [4.78, 5) is 13.4. The molecule has 0 bridgehead atoms. The molecular formula is C17H25NO2. The molecule has 1 N–H and O–H groups in total.